The number of para-hydroxylation sites is 1. The van der Waals surface area contributed by atoms with Crippen molar-refractivity contribution >= 4 is 10.9 Å². The molecular weight excluding hydrogens is 272 g/mol. The van der Waals surface area contributed by atoms with Gasteiger partial charge in [0.1, 0.15) is 0 Å². The smallest absolute Gasteiger partial charge is 0.0966 e. The van der Waals surface area contributed by atoms with Crippen molar-refractivity contribution in [2.75, 3.05) is 0 Å². The number of rotatable bonds is 5. The fourth-order valence-corrected chi connectivity index (χ4v) is 2.75. The van der Waals surface area contributed by atoms with Crippen LogP contribution in [0.25, 0.3) is 10.9 Å². The molecule has 1 aromatic heterocycles. The van der Waals surface area contributed by atoms with Crippen LogP contribution in [0, 0.1) is 0 Å². The maximum atomic E-state index is 10.6. The molecule has 0 spiro atoms. The summed E-state index contributed by atoms with van der Waals surface area (Å²) in [7, 11) is 0. The largest absolute Gasteiger partial charge is 0.387 e. The highest BCUT2D eigenvalue weighted by Gasteiger charge is 2.28. The minimum absolute atomic E-state index is 0.417. The molecule has 3 heteroatoms. The van der Waals surface area contributed by atoms with Crippen molar-refractivity contribution in [3.05, 3.63) is 71.9 Å². The number of aromatic amines is 1. The molecule has 3 aromatic rings. The highest BCUT2D eigenvalue weighted by atomic mass is 16.3. The zero-order valence-corrected chi connectivity index (χ0v) is 13.0. The second-order valence-electron chi connectivity index (χ2n) is 6.25. The van der Waals surface area contributed by atoms with E-state index < -0.39 is 11.6 Å². The first kappa shape index (κ1) is 14.8. The Bertz CT molecular complexity index is 746. The summed E-state index contributed by atoms with van der Waals surface area (Å²) in [5.74, 6) is 0. The molecule has 22 heavy (non-hydrogen) atoms. The zero-order valence-electron chi connectivity index (χ0n) is 13.0. The Morgan fingerprint density at radius 2 is 1.73 bits per heavy atom. The maximum Gasteiger partial charge on any atom is 0.0966 e. The van der Waals surface area contributed by atoms with E-state index >= 15 is 0 Å². The normalized spacial score (nSPS) is 13.4. The van der Waals surface area contributed by atoms with E-state index in [1.165, 1.54) is 10.9 Å². The van der Waals surface area contributed by atoms with Gasteiger partial charge in [-0.15, -0.1) is 0 Å². The van der Waals surface area contributed by atoms with Crippen molar-refractivity contribution in [2.24, 2.45) is 0 Å². The third-order valence-electron chi connectivity index (χ3n) is 4.21. The van der Waals surface area contributed by atoms with Gasteiger partial charge >= 0.3 is 0 Å². The molecule has 0 aliphatic carbocycles. The standard InChI is InChI=1S/C19H22N2O/c1-19(2,18(22)14-8-4-3-5-9-14)21-13-15-12-20-17-11-7-6-10-16(15)17/h3-12,18,20-22H,13H2,1-2H3. The molecule has 1 atom stereocenters. The molecule has 0 bridgehead atoms. The molecule has 0 amide bonds. The Kier molecular flexibility index (Phi) is 4.01. The molecule has 0 fully saturated rings. The number of aromatic nitrogens is 1. The molecule has 3 N–H and O–H groups in total. The van der Waals surface area contributed by atoms with Crippen LogP contribution in [0.5, 0.6) is 0 Å². The minimum atomic E-state index is -0.557. The zero-order chi connectivity index (χ0) is 15.6. The van der Waals surface area contributed by atoms with Crippen LogP contribution >= 0.6 is 0 Å². The summed E-state index contributed by atoms with van der Waals surface area (Å²) in [5, 5.41) is 15.3. The van der Waals surface area contributed by atoms with Crippen LogP contribution in [0.1, 0.15) is 31.1 Å². The number of hydrogen-bond donors (Lipinski definition) is 3. The monoisotopic (exact) mass is 294 g/mol. The Morgan fingerprint density at radius 3 is 2.50 bits per heavy atom. The van der Waals surface area contributed by atoms with Gasteiger partial charge in [0.15, 0.2) is 0 Å². The van der Waals surface area contributed by atoms with Gasteiger partial charge in [-0.2, -0.15) is 0 Å². The van der Waals surface area contributed by atoms with Crippen molar-refractivity contribution in [1.82, 2.24) is 10.3 Å². The van der Waals surface area contributed by atoms with E-state index in [4.69, 9.17) is 0 Å². The third-order valence-corrected chi connectivity index (χ3v) is 4.21. The molecule has 0 aliphatic heterocycles. The van der Waals surface area contributed by atoms with Gasteiger partial charge < -0.3 is 15.4 Å². The van der Waals surface area contributed by atoms with Gasteiger partial charge in [-0.1, -0.05) is 48.5 Å². The van der Waals surface area contributed by atoms with Crippen LogP contribution in [0.15, 0.2) is 60.8 Å². The van der Waals surface area contributed by atoms with Crippen LogP contribution in [-0.2, 0) is 6.54 Å². The third kappa shape index (κ3) is 2.91. The summed E-state index contributed by atoms with van der Waals surface area (Å²) < 4.78 is 0. The lowest BCUT2D eigenvalue weighted by Gasteiger charge is -2.32. The number of hydrogen-bond acceptors (Lipinski definition) is 2. The summed E-state index contributed by atoms with van der Waals surface area (Å²) in [6.45, 7) is 4.76. The first-order chi connectivity index (χ1) is 10.6. The highest BCUT2D eigenvalue weighted by molar-refractivity contribution is 5.82. The van der Waals surface area contributed by atoms with Gasteiger partial charge in [0.2, 0.25) is 0 Å². The number of aliphatic hydroxyl groups is 1. The lowest BCUT2D eigenvalue weighted by atomic mass is 9.91. The Hall–Kier alpha value is -2.10. The quantitative estimate of drug-likeness (QED) is 0.671. The molecular formula is C19H22N2O. The van der Waals surface area contributed by atoms with E-state index in [1.807, 2.05) is 62.5 Å². The van der Waals surface area contributed by atoms with Gasteiger partial charge in [-0.3, -0.25) is 0 Å². The van der Waals surface area contributed by atoms with Crippen LogP contribution in [0.3, 0.4) is 0 Å². The Labute approximate surface area is 131 Å². The summed E-state index contributed by atoms with van der Waals surface area (Å²) in [6, 6.07) is 18.0. The van der Waals surface area contributed by atoms with Crippen molar-refractivity contribution in [2.45, 2.75) is 32.0 Å². The number of benzene rings is 2. The molecule has 0 saturated carbocycles. The fraction of sp³-hybridized carbons (Fsp3) is 0.263. The molecule has 1 unspecified atom stereocenters. The van der Waals surface area contributed by atoms with E-state index in [9.17, 15) is 5.11 Å². The van der Waals surface area contributed by atoms with Crippen molar-refractivity contribution in [3.63, 3.8) is 0 Å². The predicted octanol–water partition coefficient (Wildman–Crippen LogP) is 3.77. The number of H-pyrrole nitrogens is 1. The molecule has 1 heterocycles. The maximum absolute atomic E-state index is 10.6. The average molecular weight is 294 g/mol. The van der Waals surface area contributed by atoms with E-state index in [-0.39, 0.29) is 0 Å². The van der Waals surface area contributed by atoms with Crippen molar-refractivity contribution < 1.29 is 5.11 Å². The number of fused-ring (bicyclic) bond motifs is 1. The second-order valence-corrected chi connectivity index (χ2v) is 6.25. The van der Waals surface area contributed by atoms with Crippen LogP contribution in [0.4, 0.5) is 0 Å². The van der Waals surface area contributed by atoms with E-state index in [0.29, 0.717) is 6.54 Å². The van der Waals surface area contributed by atoms with Gasteiger partial charge in [0.25, 0.3) is 0 Å². The molecule has 0 radical (unpaired) electrons. The van der Waals surface area contributed by atoms with E-state index in [1.54, 1.807) is 0 Å². The molecule has 0 aliphatic rings. The highest BCUT2D eigenvalue weighted by Crippen LogP contribution is 2.26. The van der Waals surface area contributed by atoms with E-state index in [0.717, 1.165) is 11.1 Å². The van der Waals surface area contributed by atoms with Crippen LogP contribution < -0.4 is 5.32 Å². The topological polar surface area (TPSA) is 48.0 Å². The lowest BCUT2D eigenvalue weighted by molar-refractivity contribution is 0.0792. The van der Waals surface area contributed by atoms with Gasteiger partial charge in [-0.05, 0) is 31.0 Å². The minimum Gasteiger partial charge on any atom is -0.387 e. The molecule has 3 rings (SSSR count). The Morgan fingerprint density at radius 1 is 1.05 bits per heavy atom. The summed E-state index contributed by atoms with van der Waals surface area (Å²) >= 11 is 0. The summed E-state index contributed by atoms with van der Waals surface area (Å²) in [5.41, 5.74) is 2.86. The van der Waals surface area contributed by atoms with Gasteiger partial charge in [-0.25, -0.2) is 0 Å². The van der Waals surface area contributed by atoms with Gasteiger partial charge in [0.05, 0.1) is 6.10 Å². The first-order valence-corrected chi connectivity index (χ1v) is 7.61. The molecule has 0 saturated heterocycles. The average Bonchev–Trinajstić information content (AvgIpc) is 2.96. The SMILES string of the molecule is CC(C)(NCc1c[nH]c2ccccc12)C(O)c1ccccc1. The van der Waals surface area contributed by atoms with Crippen molar-refractivity contribution in [3.8, 4) is 0 Å². The van der Waals surface area contributed by atoms with Gasteiger partial charge in [0, 0.05) is 29.2 Å². The number of aliphatic hydroxyl groups excluding tert-OH is 1. The van der Waals surface area contributed by atoms with E-state index in [2.05, 4.69) is 22.4 Å². The molecule has 2 aromatic carbocycles. The predicted molar refractivity (Wildman–Crippen MR) is 90.6 cm³/mol. The molecule has 114 valence electrons. The number of nitrogens with one attached hydrogen (secondary N) is 2. The second kappa shape index (κ2) is 5.95. The Balaban J connectivity index is 1.74. The fourth-order valence-electron chi connectivity index (χ4n) is 2.75. The molecule has 3 nitrogen and oxygen atoms in total. The van der Waals surface area contributed by atoms with Crippen LogP contribution in [0.2, 0.25) is 0 Å². The summed E-state index contributed by atoms with van der Waals surface area (Å²) in [4.78, 5) is 3.28. The lowest BCUT2D eigenvalue weighted by Crippen LogP contribution is -2.44. The first-order valence-electron chi connectivity index (χ1n) is 7.61. The summed E-state index contributed by atoms with van der Waals surface area (Å²) in [6.07, 6.45) is 1.47. The van der Waals surface area contributed by atoms with Crippen LogP contribution in [-0.4, -0.2) is 15.6 Å². The van der Waals surface area contributed by atoms with Crippen molar-refractivity contribution in [1.29, 1.82) is 0 Å².